The Morgan fingerprint density at radius 2 is 1.89 bits per heavy atom. The second kappa shape index (κ2) is 4.72. The van der Waals surface area contributed by atoms with E-state index >= 15 is 0 Å². The Balaban J connectivity index is 2.50. The number of alkyl halides is 3. The van der Waals surface area contributed by atoms with Crippen LogP contribution in [0.2, 0.25) is 0 Å². The molecule has 0 bridgehead atoms. The number of nitrogen functional groups attached to an aromatic ring is 1. The maximum atomic E-state index is 12.7. The molecule has 0 fully saturated rings. The summed E-state index contributed by atoms with van der Waals surface area (Å²) in [4.78, 5) is 15.8. The number of carbonyl (C=O) groups excluding carboxylic acids is 1. The minimum absolute atomic E-state index is 0.178. The van der Waals surface area contributed by atoms with Gasteiger partial charge in [-0.3, -0.25) is 9.78 Å². The number of halogens is 3. The fourth-order valence-electron chi connectivity index (χ4n) is 1.66. The third-order valence-corrected chi connectivity index (χ3v) is 2.58. The van der Waals surface area contributed by atoms with E-state index in [0.29, 0.717) is 0 Å². The van der Waals surface area contributed by atoms with Gasteiger partial charge in [-0.2, -0.15) is 13.2 Å². The molecule has 0 aliphatic carbocycles. The second-order valence-electron chi connectivity index (χ2n) is 3.84. The number of para-hydroxylation sites is 1. The Morgan fingerprint density at radius 1 is 1.16 bits per heavy atom. The monoisotopic (exact) mass is 266 g/mol. The van der Waals surface area contributed by atoms with Crippen LogP contribution >= 0.6 is 0 Å². The number of aromatic nitrogens is 1. The number of hydrogen-bond acceptors (Lipinski definition) is 3. The molecule has 1 aromatic carbocycles. The first-order valence-corrected chi connectivity index (χ1v) is 5.31. The van der Waals surface area contributed by atoms with Crippen LogP contribution in [0.5, 0.6) is 0 Å². The van der Waals surface area contributed by atoms with Gasteiger partial charge in [-0.1, -0.05) is 6.07 Å². The van der Waals surface area contributed by atoms with Crippen molar-refractivity contribution in [3.05, 3.63) is 59.4 Å². The van der Waals surface area contributed by atoms with Crippen molar-refractivity contribution >= 4 is 11.5 Å². The SMILES string of the molecule is Nc1c(C(=O)c2cccnc2)cccc1C(F)(F)F. The molecule has 0 radical (unpaired) electrons. The van der Waals surface area contributed by atoms with Crippen molar-refractivity contribution in [3.63, 3.8) is 0 Å². The van der Waals surface area contributed by atoms with Gasteiger partial charge in [0.25, 0.3) is 0 Å². The van der Waals surface area contributed by atoms with Gasteiger partial charge < -0.3 is 5.73 Å². The number of hydrogen-bond donors (Lipinski definition) is 1. The van der Waals surface area contributed by atoms with E-state index in [0.717, 1.165) is 12.1 Å². The van der Waals surface area contributed by atoms with Crippen molar-refractivity contribution in [2.45, 2.75) is 6.18 Å². The van der Waals surface area contributed by atoms with E-state index < -0.39 is 23.2 Å². The molecule has 0 atom stereocenters. The van der Waals surface area contributed by atoms with Crippen LogP contribution in [0.3, 0.4) is 0 Å². The first kappa shape index (κ1) is 13.1. The molecule has 2 rings (SSSR count). The average molecular weight is 266 g/mol. The smallest absolute Gasteiger partial charge is 0.398 e. The van der Waals surface area contributed by atoms with Crippen LogP contribution in [0.4, 0.5) is 18.9 Å². The number of carbonyl (C=O) groups is 1. The molecule has 2 aromatic rings. The largest absolute Gasteiger partial charge is 0.418 e. The molecule has 19 heavy (non-hydrogen) atoms. The Kier molecular flexibility index (Phi) is 3.25. The average Bonchev–Trinajstić information content (AvgIpc) is 2.38. The first-order valence-electron chi connectivity index (χ1n) is 5.31. The fraction of sp³-hybridized carbons (Fsp3) is 0.0769. The summed E-state index contributed by atoms with van der Waals surface area (Å²) in [6.45, 7) is 0. The lowest BCUT2D eigenvalue weighted by Crippen LogP contribution is -2.13. The van der Waals surface area contributed by atoms with Gasteiger partial charge in [0.15, 0.2) is 5.78 Å². The van der Waals surface area contributed by atoms with Crippen LogP contribution in [-0.2, 0) is 6.18 Å². The Hall–Kier alpha value is -2.37. The van der Waals surface area contributed by atoms with E-state index in [1.807, 2.05) is 0 Å². The second-order valence-corrected chi connectivity index (χ2v) is 3.84. The molecule has 0 unspecified atom stereocenters. The van der Waals surface area contributed by atoms with E-state index in [9.17, 15) is 18.0 Å². The molecule has 1 aromatic heterocycles. The molecule has 1 heterocycles. The molecule has 0 amide bonds. The Bertz CT molecular complexity index is 609. The third kappa shape index (κ3) is 2.57. The minimum atomic E-state index is -4.59. The van der Waals surface area contributed by atoms with Gasteiger partial charge in [0.2, 0.25) is 0 Å². The van der Waals surface area contributed by atoms with Crippen molar-refractivity contribution in [3.8, 4) is 0 Å². The Labute approximate surface area is 106 Å². The van der Waals surface area contributed by atoms with Crippen LogP contribution in [0.25, 0.3) is 0 Å². The van der Waals surface area contributed by atoms with Crippen molar-refractivity contribution in [1.82, 2.24) is 4.98 Å². The predicted octanol–water partition coefficient (Wildman–Crippen LogP) is 2.91. The summed E-state index contributed by atoms with van der Waals surface area (Å²) in [5, 5.41) is 0. The number of ketones is 1. The topological polar surface area (TPSA) is 56.0 Å². The molecule has 0 aliphatic heterocycles. The zero-order valence-electron chi connectivity index (χ0n) is 9.61. The molecule has 0 aliphatic rings. The quantitative estimate of drug-likeness (QED) is 0.671. The van der Waals surface area contributed by atoms with Crippen LogP contribution in [0.1, 0.15) is 21.5 Å². The highest BCUT2D eigenvalue weighted by Crippen LogP contribution is 2.35. The summed E-state index contributed by atoms with van der Waals surface area (Å²) in [6.07, 6.45) is -1.84. The van der Waals surface area contributed by atoms with Crippen LogP contribution < -0.4 is 5.73 Å². The number of anilines is 1. The lowest BCUT2D eigenvalue weighted by Gasteiger charge is -2.12. The number of nitrogens with two attached hydrogens (primary N) is 1. The molecule has 6 heteroatoms. The van der Waals surface area contributed by atoms with E-state index in [4.69, 9.17) is 5.73 Å². The van der Waals surface area contributed by atoms with Crippen molar-refractivity contribution in [1.29, 1.82) is 0 Å². The molecular weight excluding hydrogens is 257 g/mol. The van der Waals surface area contributed by atoms with Gasteiger partial charge in [0.05, 0.1) is 11.3 Å². The van der Waals surface area contributed by atoms with Gasteiger partial charge in [0.1, 0.15) is 0 Å². The summed E-state index contributed by atoms with van der Waals surface area (Å²) < 4.78 is 38.1. The molecular formula is C13H9F3N2O. The lowest BCUT2D eigenvalue weighted by atomic mass is 10.00. The lowest BCUT2D eigenvalue weighted by molar-refractivity contribution is -0.136. The normalized spacial score (nSPS) is 11.3. The van der Waals surface area contributed by atoms with Crippen LogP contribution in [0, 0.1) is 0 Å². The van der Waals surface area contributed by atoms with Gasteiger partial charge in [-0.05, 0) is 24.3 Å². The zero-order valence-corrected chi connectivity index (χ0v) is 9.61. The van der Waals surface area contributed by atoms with Crippen LogP contribution in [0.15, 0.2) is 42.7 Å². The highest BCUT2D eigenvalue weighted by atomic mass is 19.4. The molecule has 2 N–H and O–H groups in total. The third-order valence-electron chi connectivity index (χ3n) is 2.58. The molecule has 98 valence electrons. The van der Waals surface area contributed by atoms with Gasteiger partial charge in [-0.15, -0.1) is 0 Å². The van der Waals surface area contributed by atoms with E-state index in [1.165, 1.54) is 30.6 Å². The van der Waals surface area contributed by atoms with E-state index in [-0.39, 0.29) is 11.1 Å². The number of pyridine rings is 1. The highest BCUT2D eigenvalue weighted by Gasteiger charge is 2.34. The van der Waals surface area contributed by atoms with Gasteiger partial charge in [0, 0.05) is 23.5 Å². The number of benzene rings is 1. The van der Waals surface area contributed by atoms with Gasteiger partial charge in [-0.25, -0.2) is 0 Å². The highest BCUT2D eigenvalue weighted by molar-refractivity contribution is 6.12. The molecule has 0 saturated carbocycles. The van der Waals surface area contributed by atoms with E-state index in [2.05, 4.69) is 4.98 Å². The predicted molar refractivity (Wildman–Crippen MR) is 63.5 cm³/mol. The molecule has 0 saturated heterocycles. The summed E-state index contributed by atoms with van der Waals surface area (Å²) in [6, 6.07) is 6.25. The maximum Gasteiger partial charge on any atom is 0.418 e. The number of rotatable bonds is 2. The summed E-state index contributed by atoms with van der Waals surface area (Å²) in [5.74, 6) is -0.586. The van der Waals surface area contributed by atoms with Crippen molar-refractivity contribution < 1.29 is 18.0 Å². The fourth-order valence-corrected chi connectivity index (χ4v) is 1.66. The van der Waals surface area contributed by atoms with Gasteiger partial charge >= 0.3 is 6.18 Å². The number of nitrogens with zero attached hydrogens (tertiary/aromatic N) is 1. The standard InChI is InChI=1S/C13H9F3N2O/c14-13(15,16)10-5-1-4-9(11(10)17)12(19)8-3-2-6-18-7-8/h1-7H,17H2. The molecule has 3 nitrogen and oxygen atoms in total. The van der Waals surface area contributed by atoms with Crippen molar-refractivity contribution in [2.24, 2.45) is 0 Å². The van der Waals surface area contributed by atoms with E-state index in [1.54, 1.807) is 0 Å². The molecule has 0 spiro atoms. The minimum Gasteiger partial charge on any atom is -0.398 e. The van der Waals surface area contributed by atoms with Crippen LogP contribution in [-0.4, -0.2) is 10.8 Å². The Morgan fingerprint density at radius 3 is 2.47 bits per heavy atom. The summed E-state index contributed by atoms with van der Waals surface area (Å²) in [7, 11) is 0. The summed E-state index contributed by atoms with van der Waals surface area (Å²) >= 11 is 0. The van der Waals surface area contributed by atoms with Crippen molar-refractivity contribution in [2.75, 3.05) is 5.73 Å². The first-order chi connectivity index (χ1) is 8.91. The zero-order chi connectivity index (χ0) is 14.0. The summed E-state index contributed by atoms with van der Waals surface area (Å²) in [5.41, 5.74) is 3.88. The maximum absolute atomic E-state index is 12.7.